The number of aromatic nitrogens is 3. The molecule has 4 aliphatic carbocycles. The molecule has 4 aliphatic rings. The molecule has 1 spiro atoms. The molecule has 2 bridgehead atoms. The van der Waals surface area contributed by atoms with Gasteiger partial charge in [0.25, 0.3) is 0 Å². The Kier molecular flexibility index (Phi) is 6.68. The van der Waals surface area contributed by atoms with Crippen molar-refractivity contribution in [1.82, 2.24) is 15.0 Å². The molecule has 0 amide bonds. The molecule has 4 saturated carbocycles. The van der Waals surface area contributed by atoms with Crippen LogP contribution in [0.4, 0.5) is 0 Å². The van der Waals surface area contributed by atoms with Crippen LogP contribution in [0.3, 0.4) is 0 Å². The van der Waals surface area contributed by atoms with Crippen LogP contribution in [-0.2, 0) is 10.8 Å². The van der Waals surface area contributed by atoms with Crippen LogP contribution in [0.5, 0.6) is 0 Å². The number of hydrogen-bond donors (Lipinski definition) is 0. The molecule has 0 aliphatic heterocycles. The Balaban J connectivity index is 0.889. The third-order valence-corrected chi connectivity index (χ3v) is 15.0. The number of rotatable bonds is 6. The smallest absolute Gasteiger partial charge is 0.164 e. The Morgan fingerprint density at radius 3 is 1.73 bits per heavy atom. The summed E-state index contributed by atoms with van der Waals surface area (Å²) >= 11 is 3.68. The van der Waals surface area contributed by atoms with Crippen LogP contribution < -0.4 is 0 Å². The zero-order chi connectivity index (χ0) is 36.4. The highest BCUT2D eigenvalue weighted by Gasteiger charge is 2.84. The van der Waals surface area contributed by atoms with Gasteiger partial charge in [0.1, 0.15) is 0 Å². The molecule has 8 aromatic rings. The molecule has 0 saturated heterocycles. The molecule has 0 radical (unpaired) electrons. The molecule has 0 N–H and O–H groups in total. The molecule has 264 valence electrons. The summed E-state index contributed by atoms with van der Waals surface area (Å²) in [5.74, 6) is 3.83. The maximum atomic E-state index is 4.99. The lowest BCUT2D eigenvalue weighted by Crippen LogP contribution is -2.69. The van der Waals surface area contributed by atoms with E-state index in [1.807, 2.05) is 36.4 Å². The van der Waals surface area contributed by atoms with Crippen LogP contribution in [-0.4, -0.2) is 15.0 Å². The largest absolute Gasteiger partial charge is 0.208 e. The Hall–Kier alpha value is -5.45. The van der Waals surface area contributed by atoms with E-state index in [0.29, 0.717) is 33.7 Å². The topological polar surface area (TPSA) is 38.7 Å². The van der Waals surface area contributed by atoms with Gasteiger partial charge in [-0.1, -0.05) is 149 Å². The van der Waals surface area contributed by atoms with Gasteiger partial charge in [-0.25, -0.2) is 15.0 Å². The van der Waals surface area contributed by atoms with Crippen LogP contribution in [0.2, 0.25) is 0 Å². The number of fused-ring (bicyclic) bond motifs is 4. The average molecular weight is 773 g/mol. The maximum absolute atomic E-state index is 4.99. The summed E-state index contributed by atoms with van der Waals surface area (Å²) < 4.78 is 1.18. The fourth-order valence-corrected chi connectivity index (χ4v) is 12.4. The first-order valence-electron chi connectivity index (χ1n) is 19.7. The quantitative estimate of drug-likeness (QED) is 0.158. The van der Waals surface area contributed by atoms with Crippen molar-refractivity contribution in [3.63, 3.8) is 0 Å². The van der Waals surface area contributed by atoms with E-state index in [1.165, 1.54) is 69.2 Å². The summed E-state index contributed by atoms with van der Waals surface area (Å²) in [4.78, 5) is 14.9. The first-order valence-corrected chi connectivity index (χ1v) is 20.5. The zero-order valence-electron chi connectivity index (χ0n) is 30.4. The lowest BCUT2D eigenvalue weighted by atomic mass is 9.30. The van der Waals surface area contributed by atoms with Gasteiger partial charge in [0.2, 0.25) is 0 Å². The highest BCUT2D eigenvalue weighted by Crippen LogP contribution is 2.89. The standard InChI is InChI=1S/C51H38BrN3/c52-43-22-20-39(21-23-43)49-28-41-27-42-29-50(30-49,51(41,42)31-49)40-18-15-32(16-19-40)36-13-11-33-12-14-37-25-38(17-24-44(37)45(33)26-36)48-54-46(34-7-3-1-4-8-34)53-47(55-48)35-9-5-2-6-10-35/h1-26,41-42H,27-31H2. The maximum Gasteiger partial charge on any atom is 0.164 e. The van der Waals surface area contributed by atoms with E-state index in [4.69, 9.17) is 15.0 Å². The van der Waals surface area contributed by atoms with Crippen molar-refractivity contribution in [2.75, 3.05) is 0 Å². The number of nitrogens with zero attached hydrogens (tertiary/aromatic N) is 3. The summed E-state index contributed by atoms with van der Waals surface area (Å²) in [5, 5.41) is 4.91. The Morgan fingerprint density at radius 2 is 1.04 bits per heavy atom. The van der Waals surface area contributed by atoms with Crippen LogP contribution in [0.15, 0.2) is 162 Å². The fraction of sp³-hybridized carbons (Fsp3) is 0.196. The fourth-order valence-electron chi connectivity index (χ4n) is 12.2. The number of benzene rings is 7. The molecule has 7 aromatic carbocycles. The van der Waals surface area contributed by atoms with Gasteiger partial charge >= 0.3 is 0 Å². The van der Waals surface area contributed by atoms with Crippen molar-refractivity contribution in [3.05, 3.63) is 173 Å². The first kappa shape index (κ1) is 31.9. The van der Waals surface area contributed by atoms with E-state index in [9.17, 15) is 0 Å². The van der Waals surface area contributed by atoms with E-state index in [2.05, 4.69) is 137 Å². The van der Waals surface area contributed by atoms with Gasteiger partial charge in [-0.3, -0.25) is 0 Å². The third kappa shape index (κ3) is 4.52. The second-order valence-electron chi connectivity index (χ2n) is 16.9. The van der Waals surface area contributed by atoms with Gasteiger partial charge in [-0.05, 0) is 123 Å². The van der Waals surface area contributed by atoms with Gasteiger partial charge in [-0.15, -0.1) is 0 Å². The molecule has 3 nitrogen and oxygen atoms in total. The SMILES string of the molecule is Brc1ccc(C23CC4CC5CC(c6ccc(-c7ccc8ccc9cc(-c%10nc(-c%11ccccc%11)nc(-c%11ccccc%11)n%10)ccc9c8c7)cc6)(C2)C45C3)cc1. The predicted octanol–water partition coefficient (Wildman–Crippen LogP) is 13.0. The van der Waals surface area contributed by atoms with Gasteiger partial charge < -0.3 is 0 Å². The highest BCUT2D eigenvalue weighted by atomic mass is 79.9. The van der Waals surface area contributed by atoms with Gasteiger partial charge in [0.15, 0.2) is 17.5 Å². The van der Waals surface area contributed by atoms with E-state index in [-0.39, 0.29) is 0 Å². The van der Waals surface area contributed by atoms with Gasteiger partial charge in [-0.2, -0.15) is 0 Å². The van der Waals surface area contributed by atoms with Crippen molar-refractivity contribution in [2.24, 2.45) is 17.3 Å². The van der Waals surface area contributed by atoms with Gasteiger partial charge in [0.05, 0.1) is 0 Å². The van der Waals surface area contributed by atoms with Gasteiger partial charge in [0, 0.05) is 26.6 Å². The zero-order valence-corrected chi connectivity index (χ0v) is 32.0. The van der Waals surface area contributed by atoms with E-state index >= 15 is 0 Å². The van der Waals surface area contributed by atoms with Crippen molar-refractivity contribution in [1.29, 1.82) is 0 Å². The molecular formula is C51H38BrN3. The lowest BCUT2D eigenvalue weighted by Gasteiger charge is -2.73. The minimum absolute atomic E-state index is 0.337. The molecule has 5 atom stereocenters. The predicted molar refractivity (Wildman–Crippen MR) is 227 cm³/mol. The molecule has 55 heavy (non-hydrogen) atoms. The van der Waals surface area contributed by atoms with Crippen LogP contribution in [0.25, 0.3) is 66.8 Å². The molecule has 4 heteroatoms. The summed E-state index contributed by atoms with van der Waals surface area (Å²) in [6, 6.07) is 57.5. The van der Waals surface area contributed by atoms with E-state index in [0.717, 1.165) is 28.5 Å². The number of hydrogen-bond acceptors (Lipinski definition) is 3. The summed E-state index contributed by atoms with van der Waals surface area (Å²) in [6.07, 6.45) is 6.90. The molecule has 4 fully saturated rings. The molecule has 1 heterocycles. The Labute approximate surface area is 329 Å². The van der Waals surface area contributed by atoms with Crippen molar-refractivity contribution >= 4 is 37.5 Å². The molecule has 1 aromatic heterocycles. The van der Waals surface area contributed by atoms with E-state index in [1.54, 1.807) is 11.1 Å². The van der Waals surface area contributed by atoms with Crippen LogP contribution >= 0.6 is 15.9 Å². The third-order valence-electron chi connectivity index (χ3n) is 14.4. The molecule has 12 rings (SSSR count). The first-order chi connectivity index (χ1) is 27.0. The second kappa shape index (κ2) is 11.5. The normalized spacial score (nSPS) is 25.8. The number of halogens is 1. The highest BCUT2D eigenvalue weighted by molar-refractivity contribution is 9.10. The van der Waals surface area contributed by atoms with Crippen molar-refractivity contribution in [3.8, 4) is 45.3 Å². The van der Waals surface area contributed by atoms with Crippen molar-refractivity contribution in [2.45, 2.75) is 42.9 Å². The van der Waals surface area contributed by atoms with Crippen molar-refractivity contribution < 1.29 is 0 Å². The van der Waals surface area contributed by atoms with Crippen LogP contribution in [0, 0.1) is 17.3 Å². The second-order valence-corrected chi connectivity index (χ2v) is 17.8. The Morgan fingerprint density at radius 1 is 0.455 bits per heavy atom. The van der Waals surface area contributed by atoms with E-state index < -0.39 is 0 Å². The molecule has 5 unspecified atom stereocenters. The lowest BCUT2D eigenvalue weighted by molar-refractivity contribution is -0.199. The van der Waals surface area contributed by atoms with Crippen LogP contribution in [0.1, 0.15) is 43.2 Å². The monoisotopic (exact) mass is 771 g/mol. The summed E-state index contributed by atoms with van der Waals surface area (Å²) in [5.41, 5.74) is 9.82. The summed E-state index contributed by atoms with van der Waals surface area (Å²) in [7, 11) is 0. The minimum atomic E-state index is 0.337. The Bertz CT molecular complexity index is 2760. The molecular weight excluding hydrogens is 734 g/mol. The minimum Gasteiger partial charge on any atom is -0.208 e. The average Bonchev–Trinajstić information content (AvgIpc) is 3.71. The summed E-state index contributed by atoms with van der Waals surface area (Å²) in [6.45, 7) is 0.